The van der Waals surface area contributed by atoms with Crippen molar-refractivity contribution in [2.75, 3.05) is 19.8 Å². The zero-order valence-electron chi connectivity index (χ0n) is 13.1. The molecule has 120 valence electrons. The molecule has 0 amide bonds. The molecule has 0 saturated carbocycles. The predicted octanol–water partition coefficient (Wildman–Crippen LogP) is 2.02. The Morgan fingerprint density at radius 1 is 0.857 bits per heavy atom. The minimum absolute atomic E-state index is 0.0180. The molecule has 0 unspecified atom stereocenters. The second kappa shape index (κ2) is 10.9. The Hall–Kier alpha value is -1.85. The number of esters is 3. The maximum Gasteiger partial charge on any atom is 0.335 e. The van der Waals surface area contributed by atoms with Gasteiger partial charge in [0.2, 0.25) is 0 Å². The number of allylic oxidation sites excluding steroid dienone is 1. The van der Waals surface area contributed by atoms with Crippen molar-refractivity contribution in [2.45, 2.75) is 40.5 Å². The van der Waals surface area contributed by atoms with E-state index in [9.17, 15) is 14.4 Å². The molecule has 0 aromatic heterocycles. The van der Waals surface area contributed by atoms with Crippen LogP contribution in [0.1, 0.15) is 40.5 Å². The summed E-state index contributed by atoms with van der Waals surface area (Å²) in [6, 6.07) is 0. The highest BCUT2D eigenvalue weighted by Gasteiger charge is 2.37. The Morgan fingerprint density at radius 3 is 1.71 bits per heavy atom. The quantitative estimate of drug-likeness (QED) is 0.280. The van der Waals surface area contributed by atoms with Crippen molar-refractivity contribution in [1.29, 1.82) is 0 Å². The standard InChI is InChI=1S/C15H24O6/c1-5-9-10-11(13(16)19-6-2)12(14(17)20-7-3)15(18)21-8-4/h10,12H,5-9H2,1-4H3/b11-10+. The summed E-state index contributed by atoms with van der Waals surface area (Å²) in [5, 5.41) is 0. The van der Waals surface area contributed by atoms with E-state index in [0.717, 1.165) is 6.42 Å². The van der Waals surface area contributed by atoms with Gasteiger partial charge in [-0.3, -0.25) is 9.59 Å². The van der Waals surface area contributed by atoms with Gasteiger partial charge in [-0.1, -0.05) is 19.4 Å². The number of carbonyl (C=O) groups excluding carboxylic acids is 3. The first kappa shape index (κ1) is 19.1. The molecular weight excluding hydrogens is 276 g/mol. The van der Waals surface area contributed by atoms with Gasteiger partial charge in [0, 0.05) is 0 Å². The van der Waals surface area contributed by atoms with Crippen LogP contribution in [-0.2, 0) is 28.6 Å². The van der Waals surface area contributed by atoms with Gasteiger partial charge in [0.05, 0.1) is 25.4 Å². The van der Waals surface area contributed by atoms with Crippen LogP contribution in [-0.4, -0.2) is 37.7 Å². The molecule has 0 saturated heterocycles. The summed E-state index contributed by atoms with van der Waals surface area (Å²) in [6.45, 7) is 7.19. The number of rotatable bonds is 9. The molecule has 0 aliphatic carbocycles. The van der Waals surface area contributed by atoms with E-state index >= 15 is 0 Å². The summed E-state index contributed by atoms with van der Waals surface area (Å²) < 4.78 is 14.7. The number of hydrogen-bond acceptors (Lipinski definition) is 6. The minimum Gasteiger partial charge on any atom is -0.465 e. The Bertz CT molecular complexity index is 368. The van der Waals surface area contributed by atoms with E-state index < -0.39 is 23.8 Å². The molecule has 0 bridgehead atoms. The molecule has 21 heavy (non-hydrogen) atoms. The fourth-order valence-electron chi connectivity index (χ4n) is 1.63. The van der Waals surface area contributed by atoms with Crippen LogP contribution in [0.15, 0.2) is 11.6 Å². The summed E-state index contributed by atoms with van der Waals surface area (Å²) in [6.07, 6.45) is 2.85. The third kappa shape index (κ3) is 6.42. The highest BCUT2D eigenvalue weighted by Crippen LogP contribution is 2.19. The fraction of sp³-hybridized carbons (Fsp3) is 0.667. The van der Waals surface area contributed by atoms with Crippen molar-refractivity contribution in [3.63, 3.8) is 0 Å². The van der Waals surface area contributed by atoms with Crippen molar-refractivity contribution in [1.82, 2.24) is 0 Å². The topological polar surface area (TPSA) is 78.9 Å². The van der Waals surface area contributed by atoms with Crippen LogP contribution >= 0.6 is 0 Å². The molecule has 0 fully saturated rings. The predicted molar refractivity (Wildman–Crippen MR) is 76.4 cm³/mol. The molecule has 6 heteroatoms. The molecular formula is C15H24O6. The molecule has 0 aromatic rings. The van der Waals surface area contributed by atoms with Crippen molar-refractivity contribution >= 4 is 17.9 Å². The van der Waals surface area contributed by atoms with E-state index in [1.165, 1.54) is 6.08 Å². The Kier molecular flexibility index (Phi) is 9.92. The lowest BCUT2D eigenvalue weighted by Crippen LogP contribution is -2.33. The van der Waals surface area contributed by atoms with Gasteiger partial charge in [-0.2, -0.15) is 0 Å². The maximum atomic E-state index is 12.0. The zero-order valence-corrected chi connectivity index (χ0v) is 13.1. The third-order valence-electron chi connectivity index (χ3n) is 2.52. The lowest BCUT2D eigenvalue weighted by Gasteiger charge is -2.16. The van der Waals surface area contributed by atoms with Gasteiger partial charge in [0.15, 0.2) is 5.92 Å². The first-order chi connectivity index (χ1) is 10.0. The van der Waals surface area contributed by atoms with Crippen molar-refractivity contribution in [3.05, 3.63) is 11.6 Å². The maximum absolute atomic E-state index is 12.0. The molecule has 0 atom stereocenters. The summed E-state index contributed by atoms with van der Waals surface area (Å²) in [5.74, 6) is -3.69. The lowest BCUT2D eigenvalue weighted by molar-refractivity contribution is -0.162. The highest BCUT2D eigenvalue weighted by molar-refractivity contribution is 6.07. The lowest BCUT2D eigenvalue weighted by atomic mass is 9.97. The second-order valence-corrected chi connectivity index (χ2v) is 4.11. The molecule has 0 aliphatic rings. The van der Waals surface area contributed by atoms with Gasteiger partial charge in [-0.15, -0.1) is 0 Å². The summed E-state index contributed by atoms with van der Waals surface area (Å²) in [5.41, 5.74) is -0.0180. The van der Waals surface area contributed by atoms with Gasteiger partial charge in [0.1, 0.15) is 0 Å². The monoisotopic (exact) mass is 300 g/mol. The summed E-state index contributed by atoms with van der Waals surface area (Å²) in [7, 11) is 0. The summed E-state index contributed by atoms with van der Waals surface area (Å²) >= 11 is 0. The zero-order chi connectivity index (χ0) is 16.3. The molecule has 0 rings (SSSR count). The normalized spacial score (nSPS) is 11.2. The van der Waals surface area contributed by atoms with Crippen molar-refractivity contribution in [3.8, 4) is 0 Å². The minimum atomic E-state index is -1.39. The Balaban J connectivity index is 5.49. The van der Waals surface area contributed by atoms with E-state index in [1.807, 2.05) is 6.92 Å². The van der Waals surface area contributed by atoms with Crippen molar-refractivity contribution in [2.24, 2.45) is 5.92 Å². The fourth-order valence-corrected chi connectivity index (χ4v) is 1.63. The van der Waals surface area contributed by atoms with Crippen molar-refractivity contribution < 1.29 is 28.6 Å². The third-order valence-corrected chi connectivity index (χ3v) is 2.52. The van der Waals surface area contributed by atoms with Crippen LogP contribution in [0.3, 0.4) is 0 Å². The first-order valence-corrected chi connectivity index (χ1v) is 7.23. The van der Waals surface area contributed by atoms with Gasteiger partial charge in [-0.05, 0) is 27.2 Å². The number of hydrogen-bond donors (Lipinski definition) is 0. The van der Waals surface area contributed by atoms with E-state index in [1.54, 1.807) is 20.8 Å². The molecule has 0 aliphatic heterocycles. The second-order valence-electron chi connectivity index (χ2n) is 4.11. The van der Waals surface area contributed by atoms with Crippen LogP contribution in [0.25, 0.3) is 0 Å². The smallest absolute Gasteiger partial charge is 0.335 e. The number of ether oxygens (including phenoxy) is 3. The van der Waals surface area contributed by atoms with Gasteiger partial charge in [0.25, 0.3) is 0 Å². The molecule has 0 radical (unpaired) electrons. The van der Waals surface area contributed by atoms with E-state index in [2.05, 4.69) is 0 Å². The van der Waals surface area contributed by atoms with Crippen LogP contribution in [0.5, 0.6) is 0 Å². The number of unbranched alkanes of at least 4 members (excludes halogenated alkanes) is 1. The molecule has 0 aromatic carbocycles. The van der Waals surface area contributed by atoms with Gasteiger partial charge >= 0.3 is 17.9 Å². The van der Waals surface area contributed by atoms with Crippen LogP contribution < -0.4 is 0 Å². The molecule has 6 nitrogen and oxygen atoms in total. The average molecular weight is 300 g/mol. The van der Waals surface area contributed by atoms with Crippen LogP contribution in [0, 0.1) is 5.92 Å². The van der Waals surface area contributed by atoms with E-state index in [0.29, 0.717) is 6.42 Å². The van der Waals surface area contributed by atoms with Crippen LogP contribution in [0.4, 0.5) is 0 Å². The Labute approximate surface area is 125 Å². The molecule has 0 N–H and O–H groups in total. The largest absolute Gasteiger partial charge is 0.465 e. The molecule has 0 spiro atoms. The van der Waals surface area contributed by atoms with E-state index in [-0.39, 0.29) is 25.4 Å². The van der Waals surface area contributed by atoms with Gasteiger partial charge in [-0.25, -0.2) is 4.79 Å². The van der Waals surface area contributed by atoms with Gasteiger partial charge < -0.3 is 14.2 Å². The molecule has 0 heterocycles. The SMILES string of the molecule is CCC/C=C(/C(=O)OCC)C(C(=O)OCC)C(=O)OCC. The average Bonchev–Trinajstić information content (AvgIpc) is 2.43. The summed E-state index contributed by atoms with van der Waals surface area (Å²) in [4.78, 5) is 36.0. The Morgan fingerprint density at radius 2 is 1.33 bits per heavy atom. The van der Waals surface area contributed by atoms with E-state index in [4.69, 9.17) is 14.2 Å². The van der Waals surface area contributed by atoms with Crippen LogP contribution in [0.2, 0.25) is 0 Å². The first-order valence-electron chi connectivity index (χ1n) is 7.23. The number of carbonyl (C=O) groups is 3. The highest BCUT2D eigenvalue weighted by atomic mass is 16.6.